The maximum atomic E-state index is 11.0. The Kier molecular flexibility index (Phi) is 4.56. The van der Waals surface area contributed by atoms with E-state index >= 15 is 0 Å². The maximum Gasteiger partial charge on any atom is 0.160 e. The van der Waals surface area contributed by atoms with Crippen LogP contribution in [0, 0.1) is 0 Å². The average Bonchev–Trinajstić information content (AvgIpc) is 2.49. The molecule has 1 N–H and O–H groups in total. The molecule has 0 bridgehead atoms. The van der Waals surface area contributed by atoms with Gasteiger partial charge in [0.2, 0.25) is 0 Å². The van der Waals surface area contributed by atoms with Crippen molar-refractivity contribution in [3.05, 3.63) is 65.2 Å². The van der Waals surface area contributed by atoms with Crippen molar-refractivity contribution in [1.29, 1.82) is 0 Å². The molecule has 2 aromatic carbocycles. The highest BCUT2D eigenvalue weighted by Gasteiger charge is 2.08. The van der Waals surface area contributed by atoms with Crippen LogP contribution in [-0.4, -0.2) is 18.5 Å². The van der Waals surface area contributed by atoms with E-state index in [0.717, 1.165) is 17.4 Å². The minimum atomic E-state index is -0.0228. The second-order valence-electron chi connectivity index (χ2n) is 4.36. The molecule has 2 rings (SSSR count). The van der Waals surface area contributed by atoms with Gasteiger partial charge in [-0.15, -0.1) is 0 Å². The van der Waals surface area contributed by atoms with E-state index in [0.29, 0.717) is 17.7 Å². The zero-order chi connectivity index (χ0) is 14.4. The number of methoxy groups -OCH3 is 1. The molecule has 0 spiro atoms. The molecule has 0 aliphatic heterocycles. The molecule has 0 fully saturated rings. The summed E-state index contributed by atoms with van der Waals surface area (Å²) in [6, 6.07) is 13.0. The van der Waals surface area contributed by atoms with Gasteiger partial charge in [0.1, 0.15) is 6.29 Å². The molecule has 0 aliphatic rings. The van der Waals surface area contributed by atoms with E-state index in [1.807, 2.05) is 42.5 Å². The van der Waals surface area contributed by atoms with Crippen molar-refractivity contribution in [1.82, 2.24) is 0 Å². The van der Waals surface area contributed by atoms with Crippen LogP contribution in [0.1, 0.15) is 21.5 Å². The first kappa shape index (κ1) is 13.9. The Morgan fingerprint density at radius 2 is 1.95 bits per heavy atom. The zero-order valence-electron chi connectivity index (χ0n) is 11.2. The van der Waals surface area contributed by atoms with E-state index in [1.54, 1.807) is 6.07 Å². The molecule has 3 heteroatoms. The van der Waals surface area contributed by atoms with Gasteiger partial charge >= 0.3 is 0 Å². The number of aldehydes is 1. The third kappa shape index (κ3) is 3.26. The summed E-state index contributed by atoms with van der Waals surface area (Å²) in [5.41, 5.74) is 2.40. The third-order valence-electron chi connectivity index (χ3n) is 3.02. The van der Waals surface area contributed by atoms with E-state index in [-0.39, 0.29) is 5.75 Å². The van der Waals surface area contributed by atoms with Gasteiger partial charge in [0.25, 0.3) is 0 Å². The van der Waals surface area contributed by atoms with Gasteiger partial charge in [-0.2, -0.15) is 0 Å². The highest BCUT2D eigenvalue weighted by molar-refractivity contribution is 5.79. The van der Waals surface area contributed by atoms with Crippen molar-refractivity contribution >= 4 is 12.4 Å². The molecule has 102 valence electrons. The van der Waals surface area contributed by atoms with Gasteiger partial charge in [-0.1, -0.05) is 42.5 Å². The number of phenols is 1. The van der Waals surface area contributed by atoms with Gasteiger partial charge in [0, 0.05) is 5.56 Å². The molecule has 0 radical (unpaired) electrons. The van der Waals surface area contributed by atoms with Crippen LogP contribution in [0.3, 0.4) is 0 Å². The fraction of sp³-hybridized carbons (Fsp3) is 0.118. The number of carbonyl (C=O) groups excluding carboxylic acids is 1. The first-order chi connectivity index (χ1) is 9.74. The predicted molar refractivity (Wildman–Crippen MR) is 79.2 cm³/mol. The average molecular weight is 268 g/mol. The molecule has 0 aromatic heterocycles. The number of phenolic OH excluding ortho intramolecular Hbond substituents is 1. The van der Waals surface area contributed by atoms with Crippen molar-refractivity contribution in [2.75, 3.05) is 7.11 Å². The van der Waals surface area contributed by atoms with Crippen molar-refractivity contribution in [3.63, 3.8) is 0 Å². The summed E-state index contributed by atoms with van der Waals surface area (Å²) >= 11 is 0. The summed E-state index contributed by atoms with van der Waals surface area (Å²) in [5, 5.41) is 9.65. The normalized spacial score (nSPS) is 10.7. The standard InChI is InChI=1S/C17H16O3/c1-20-17-11-14(15(12-18)10-16(17)19)9-5-8-13-6-3-2-4-7-13/h2-8,10-12,19H,9H2,1H3/b8-5+. The Labute approximate surface area is 118 Å². The summed E-state index contributed by atoms with van der Waals surface area (Å²) in [4.78, 5) is 11.0. The molecule has 0 unspecified atom stereocenters. The Hall–Kier alpha value is -2.55. The van der Waals surface area contributed by atoms with Gasteiger partial charge in [-0.3, -0.25) is 4.79 Å². The van der Waals surface area contributed by atoms with Gasteiger partial charge < -0.3 is 9.84 Å². The van der Waals surface area contributed by atoms with Crippen LogP contribution < -0.4 is 4.74 Å². The molecule has 3 nitrogen and oxygen atoms in total. The first-order valence-electron chi connectivity index (χ1n) is 6.31. The van der Waals surface area contributed by atoms with E-state index in [2.05, 4.69) is 0 Å². The topological polar surface area (TPSA) is 46.5 Å². The first-order valence-corrected chi connectivity index (χ1v) is 6.31. The van der Waals surface area contributed by atoms with E-state index < -0.39 is 0 Å². The van der Waals surface area contributed by atoms with Crippen molar-refractivity contribution in [2.24, 2.45) is 0 Å². The SMILES string of the molecule is COc1cc(C/C=C/c2ccccc2)c(C=O)cc1O. The number of hydrogen-bond donors (Lipinski definition) is 1. The van der Waals surface area contributed by atoms with Gasteiger partial charge in [0.15, 0.2) is 11.5 Å². The van der Waals surface area contributed by atoms with Gasteiger partial charge in [-0.05, 0) is 29.7 Å². The summed E-state index contributed by atoms with van der Waals surface area (Å²) in [6.45, 7) is 0. The number of aromatic hydroxyl groups is 1. The van der Waals surface area contributed by atoms with Crippen LogP contribution in [0.2, 0.25) is 0 Å². The van der Waals surface area contributed by atoms with Crippen molar-refractivity contribution < 1.29 is 14.6 Å². The molecule has 0 saturated heterocycles. The number of carbonyl (C=O) groups is 1. The van der Waals surface area contributed by atoms with Gasteiger partial charge in [0.05, 0.1) is 7.11 Å². The Bertz CT molecular complexity index is 616. The molecule has 0 aliphatic carbocycles. The summed E-state index contributed by atoms with van der Waals surface area (Å²) in [5.74, 6) is 0.351. The van der Waals surface area contributed by atoms with Crippen LogP contribution in [0.15, 0.2) is 48.5 Å². The number of hydrogen-bond acceptors (Lipinski definition) is 3. The quantitative estimate of drug-likeness (QED) is 0.845. The smallest absolute Gasteiger partial charge is 0.160 e. The zero-order valence-corrected chi connectivity index (χ0v) is 11.2. The van der Waals surface area contributed by atoms with E-state index in [4.69, 9.17) is 4.74 Å². The molecule has 0 atom stereocenters. The van der Waals surface area contributed by atoms with Crippen LogP contribution in [-0.2, 0) is 6.42 Å². The van der Waals surface area contributed by atoms with Crippen LogP contribution in [0.5, 0.6) is 11.5 Å². The second kappa shape index (κ2) is 6.57. The van der Waals surface area contributed by atoms with Gasteiger partial charge in [-0.25, -0.2) is 0 Å². The monoisotopic (exact) mass is 268 g/mol. The molecule has 0 heterocycles. The van der Waals surface area contributed by atoms with Crippen molar-refractivity contribution in [2.45, 2.75) is 6.42 Å². The summed E-state index contributed by atoms with van der Waals surface area (Å²) in [7, 11) is 1.49. The van der Waals surface area contributed by atoms with Crippen LogP contribution in [0.25, 0.3) is 6.08 Å². The molecule has 2 aromatic rings. The number of rotatable bonds is 5. The number of benzene rings is 2. The molecule has 0 saturated carbocycles. The fourth-order valence-corrected chi connectivity index (χ4v) is 1.96. The predicted octanol–water partition coefficient (Wildman–Crippen LogP) is 3.47. The molecular formula is C17H16O3. The largest absolute Gasteiger partial charge is 0.504 e. The van der Waals surface area contributed by atoms with Crippen molar-refractivity contribution in [3.8, 4) is 11.5 Å². The lowest BCUT2D eigenvalue weighted by Gasteiger charge is -2.08. The number of ether oxygens (including phenoxy) is 1. The van der Waals surface area contributed by atoms with Crippen LogP contribution in [0.4, 0.5) is 0 Å². The molecule has 0 amide bonds. The number of allylic oxidation sites excluding steroid dienone is 1. The highest BCUT2D eigenvalue weighted by Crippen LogP contribution is 2.29. The summed E-state index contributed by atoms with van der Waals surface area (Å²) in [6.07, 6.45) is 5.31. The maximum absolute atomic E-state index is 11.0. The minimum absolute atomic E-state index is 0.0228. The van der Waals surface area contributed by atoms with Crippen LogP contribution >= 0.6 is 0 Å². The summed E-state index contributed by atoms with van der Waals surface area (Å²) < 4.78 is 5.06. The van der Waals surface area contributed by atoms with E-state index in [9.17, 15) is 9.90 Å². The molecule has 20 heavy (non-hydrogen) atoms. The molecular weight excluding hydrogens is 252 g/mol. The Morgan fingerprint density at radius 3 is 2.60 bits per heavy atom. The lowest BCUT2D eigenvalue weighted by molar-refractivity contribution is 0.112. The Morgan fingerprint density at radius 1 is 1.20 bits per heavy atom. The Balaban J connectivity index is 2.20. The highest BCUT2D eigenvalue weighted by atomic mass is 16.5. The lowest BCUT2D eigenvalue weighted by Crippen LogP contribution is -1.94. The fourth-order valence-electron chi connectivity index (χ4n) is 1.96. The van der Waals surface area contributed by atoms with E-state index in [1.165, 1.54) is 13.2 Å². The third-order valence-corrected chi connectivity index (χ3v) is 3.02. The minimum Gasteiger partial charge on any atom is -0.504 e. The second-order valence-corrected chi connectivity index (χ2v) is 4.36. The lowest BCUT2D eigenvalue weighted by atomic mass is 10.0.